The van der Waals surface area contributed by atoms with Gasteiger partial charge in [-0.1, -0.05) is 30.3 Å². The van der Waals surface area contributed by atoms with E-state index in [-0.39, 0.29) is 11.7 Å². The summed E-state index contributed by atoms with van der Waals surface area (Å²) in [6.07, 6.45) is 3.35. The van der Waals surface area contributed by atoms with Crippen molar-refractivity contribution in [3.63, 3.8) is 0 Å². The van der Waals surface area contributed by atoms with Crippen LogP contribution >= 0.6 is 0 Å². The third-order valence-corrected chi connectivity index (χ3v) is 2.42. The summed E-state index contributed by atoms with van der Waals surface area (Å²) in [5, 5.41) is 11.8. The Morgan fingerprint density at radius 1 is 1.00 bits per heavy atom. The zero-order valence-electron chi connectivity index (χ0n) is 9.71. The number of carbonyl (C=O) groups is 1. The lowest BCUT2D eigenvalue weighted by Crippen LogP contribution is -2.16. The molecule has 0 aliphatic carbocycles. The van der Waals surface area contributed by atoms with E-state index in [0.717, 1.165) is 5.56 Å². The second kappa shape index (κ2) is 5.68. The Balaban J connectivity index is 1.96. The number of amides is 1. The highest BCUT2D eigenvalue weighted by molar-refractivity contribution is 5.95. The normalized spacial score (nSPS) is 10.4. The van der Waals surface area contributed by atoms with Crippen molar-refractivity contribution < 1.29 is 9.90 Å². The van der Waals surface area contributed by atoms with Crippen LogP contribution in [-0.2, 0) is 0 Å². The van der Waals surface area contributed by atoms with Gasteiger partial charge >= 0.3 is 0 Å². The first-order valence-corrected chi connectivity index (χ1v) is 5.57. The Hall–Kier alpha value is -2.55. The summed E-state index contributed by atoms with van der Waals surface area (Å²) in [7, 11) is 0. The highest BCUT2D eigenvalue weighted by atomic mass is 16.3. The number of phenolic OH excluding ortho intramolecular Hbond substituents is 1. The molecule has 2 N–H and O–H groups in total. The van der Waals surface area contributed by atoms with E-state index in [4.69, 9.17) is 5.11 Å². The Labute approximate surface area is 105 Å². The first-order valence-electron chi connectivity index (χ1n) is 5.57. The molecule has 0 heterocycles. The minimum Gasteiger partial charge on any atom is -0.508 e. The molecule has 0 fully saturated rings. The number of carbonyl (C=O) groups excluding carboxylic acids is 1. The summed E-state index contributed by atoms with van der Waals surface area (Å²) in [6, 6.07) is 15.7. The molecule has 0 spiro atoms. The number of hydrogen-bond donors (Lipinski definition) is 2. The molecule has 0 aliphatic heterocycles. The molecule has 18 heavy (non-hydrogen) atoms. The van der Waals surface area contributed by atoms with Crippen molar-refractivity contribution in [1.82, 2.24) is 5.32 Å². The summed E-state index contributed by atoms with van der Waals surface area (Å²) >= 11 is 0. The van der Waals surface area contributed by atoms with Crippen molar-refractivity contribution in [2.24, 2.45) is 0 Å². The molecule has 0 aromatic heterocycles. The molecule has 0 unspecified atom stereocenters. The quantitative estimate of drug-likeness (QED) is 0.865. The first kappa shape index (κ1) is 11.9. The van der Waals surface area contributed by atoms with E-state index in [0.29, 0.717) is 5.56 Å². The first-order chi connectivity index (χ1) is 8.75. The Kier molecular flexibility index (Phi) is 3.76. The molecular weight excluding hydrogens is 226 g/mol. The minimum absolute atomic E-state index is 0.148. The summed E-state index contributed by atoms with van der Waals surface area (Å²) in [4.78, 5) is 11.7. The molecule has 2 rings (SSSR count). The summed E-state index contributed by atoms with van der Waals surface area (Å²) in [5.41, 5.74) is 1.52. The van der Waals surface area contributed by atoms with Crippen molar-refractivity contribution in [2.75, 3.05) is 0 Å². The molecule has 1 amide bonds. The van der Waals surface area contributed by atoms with E-state index in [1.54, 1.807) is 48.7 Å². The monoisotopic (exact) mass is 239 g/mol. The largest absolute Gasteiger partial charge is 0.508 e. The van der Waals surface area contributed by atoms with Crippen LogP contribution in [0.25, 0.3) is 6.08 Å². The fraction of sp³-hybridized carbons (Fsp3) is 0. The summed E-state index contributed by atoms with van der Waals surface area (Å²) in [5.74, 6) is 0.0751. The zero-order chi connectivity index (χ0) is 12.8. The number of phenols is 1. The topological polar surface area (TPSA) is 49.3 Å². The van der Waals surface area contributed by atoms with Gasteiger partial charge in [0.1, 0.15) is 5.75 Å². The molecule has 2 aromatic rings. The summed E-state index contributed by atoms with van der Waals surface area (Å²) in [6.45, 7) is 0. The van der Waals surface area contributed by atoms with Crippen LogP contribution in [0.3, 0.4) is 0 Å². The zero-order valence-corrected chi connectivity index (χ0v) is 9.71. The van der Waals surface area contributed by atoms with Crippen molar-refractivity contribution in [2.45, 2.75) is 0 Å². The lowest BCUT2D eigenvalue weighted by atomic mass is 10.2. The standard InChI is InChI=1S/C15H13NO2/c17-14-8-6-12(7-9-14)10-11-16-15(18)13-4-2-1-3-5-13/h1-11,17H,(H,16,18)/b11-10-. The lowest BCUT2D eigenvalue weighted by molar-refractivity contribution is 0.0970. The predicted molar refractivity (Wildman–Crippen MR) is 71.0 cm³/mol. The number of rotatable bonds is 3. The van der Waals surface area contributed by atoms with Gasteiger partial charge in [-0.25, -0.2) is 0 Å². The van der Waals surface area contributed by atoms with E-state index in [2.05, 4.69) is 5.32 Å². The highest BCUT2D eigenvalue weighted by Gasteiger charge is 2.00. The van der Waals surface area contributed by atoms with Gasteiger partial charge < -0.3 is 10.4 Å². The maximum Gasteiger partial charge on any atom is 0.255 e. The van der Waals surface area contributed by atoms with Gasteiger partial charge in [-0.2, -0.15) is 0 Å². The number of hydrogen-bond acceptors (Lipinski definition) is 2. The van der Waals surface area contributed by atoms with Gasteiger partial charge in [-0.15, -0.1) is 0 Å². The van der Waals surface area contributed by atoms with Gasteiger partial charge in [0.25, 0.3) is 5.91 Å². The van der Waals surface area contributed by atoms with Crippen LogP contribution in [0.2, 0.25) is 0 Å². The van der Waals surface area contributed by atoms with E-state index >= 15 is 0 Å². The van der Waals surface area contributed by atoms with Gasteiger partial charge in [0, 0.05) is 11.8 Å². The van der Waals surface area contributed by atoms with Crippen molar-refractivity contribution in [3.8, 4) is 5.75 Å². The molecular formula is C15H13NO2. The van der Waals surface area contributed by atoms with Crippen LogP contribution in [0.5, 0.6) is 5.75 Å². The molecule has 0 radical (unpaired) electrons. The van der Waals surface area contributed by atoms with Crippen LogP contribution in [0, 0.1) is 0 Å². The van der Waals surface area contributed by atoms with Crippen LogP contribution < -0.4 is 5.32 Å². The van der Waals surface area contributed by atoms with Crippen LogP contribution in [-0.4, -0.2) is 11.0 Å². The van der Waals surface area contributed by atoms with Crippen molar-refractivity contribution in [1.29, 1.82) is 0 Å². The second-order valence-electron chi connectivity index (χ2n) is 3.76. The number of nitrogens with one attached hydrogen (secondary N) is 1. The molecule has 2 aromatic carbocycles. The number of benzene rings is 2. The fourth-order valence-corrected chi connectivity index (χ4v) is 1.47. The van der Waals surface area contributed by atoms with Crippen molar-refractivity contribution in [3.05, 3.63) is 71.9 Å². The van der Waals surface area contributed by atoms with Crippen LogP contribution in [0.1, 0.15) is 15.9 Å². The average molecular weight is 239 g/mol. The highest BCUT2D eigenvalue weighted by Crippen LogP contribution is 2.10. The van der Waals surface area contributed by atoms with Gasteiger partial charge in [0.05, 0.1) is 0 Å². The third-order valence-electron chi connectivity index (χ3n) is 2.42. The van der Waals surface area contributed by atoms with E-state index in [9.17, 15) is 4.79 Å². The van der Waals surface area contributed by atoms with Gasteiger partial charge in [-0.3, -0.25) is 4.79 Å². The summed E-state index contributed by atoms with van der Waals surface area (Å²) < 4.78 is 0. The number of aromatic hydroxyl groups is 1. The lowest BCUT2D eigenvalue weighted by Gasteiger charge is -1.99. The SMILES string of the molecule is O=C(N/C=C\c1ccc(O)cc1)c1ccccc1. The fourth-order valence-electron chi connectivity index (χ4n) is 1.47. The molecule has 0 aliphatic rings. The van der Waals surface area contributed by atoms with Crippen LogP contribution in [0.4, 0.5) is 0 Å². The Morgan fingerprint density at radius 2 is 1.67 bits per heavy atom. The molecule has 0 bridgehead atoms. The third kappa shape index (κ3) is 3.22. The van der Waals surface area contributed by atoms with Gasteiger partial charge in [-0.05, 0) is 35.9 Å². The molecule has 90 valence electrons. The van der Waals surface area contributed by atoms with Crippen LogP contribution in [0.15, 0.2) is 60.8 Å². The van der Waals surface area contributed by atoms with E-state index in [1.165, 1.54) is 0 Å². The smallest absolute Gasteiger partial charge is 0.255 e. The molecule has 0 saturated heterocycles. The molecule has 3 heteroatoms. The molecule has 0 atom stereocenters. The molecule has 0 saturated carbocycles. The van der Waals surface area contributed by atoms with E-state index in [1.807, 2.05) is 18.2 Å². The maximum atomic E-state index is 11.7. The van der Waals surface area contributed by atoms with Crippen molar-refractivity contribution >= 4 is 12.0 Å². The van der Waals surface area contributed by atoms with Gasteiger partial charge in [0.2, 0.25) is 0 Å². The van der Waals surface area contributed by atoms with Gasteiger partial charge in [0.15, 0.2) is 0 Å². The average Bonchev–Trinajstić information content (AvgIpc) is 2.42. The van der Waals surface area contributed by atoms with E-state index < -0.39 is 0 Å². The predicted octanol–water partition coefficient (Wildman–Crippen LogP) is 2.79. The minimum atomic E-state index is -0.148. The second-order valence-corrected chi connectivity index (χ2v) is 3.76. The Morgan fingerprint density at radius 3 is 2.33 bits per heavy atom. The Bertz CT molecular complexity index is 544. The molecule has 3 nitrogen and oxygen atoms in total. The maximum absolute atomic E-state index is 11.7.